The van der Waals surface area contributed by atoms with E-state index in [1.54, 1.807) is 12.5 Å². The molecule has 2 aromatic heterocycles. The fraction of sp³-hybridized carbons (Fsp3) is 0.130. The molecule has 5 rings (SSSR count). The van der Waals surface area contributed by atoms with Gasteiger partial charge in [0.25, 0.3) is 0 Å². The summed E-state index contributed by atoms with van der Waals surface area (Å²) in [6.45, 7) is 0. The van der Waals surface area contributed by atoms with Crippen LogP contribution in [0, 0.1) is 9.49 Å². The molecule has 4 aromatic rings. The molecule has 0 saturated heterocycles. The predicted octanol–water partition coefficient (Wildman–Crippen LogP) is 5.57. The van der Waals surface area contributed by atoms with Gasteiger partial charge >= 0.3 is 0 Å². The van der Waals surface area contributed by atoms with E-state index in [-0.39, 0.29) is 11.8 Å². The van der Waals surface area contributed by atoms with Crippen LogP contribution in [0.15, 0.2) is 71.6 Å². The van der Waals surface area contributed by atoms with Crippen LogP contribution in [0.2, 0.25) is 0 Å². The second-order valence-electron chi connectivity index (χ2n) is 7.41. The molecular weight excluding hydrogens is 519 g/mol. The number of hydrogen-bond donors (Lipinski definition) is 3. The van der Waals surface area contributed by atoms with Crippen LogP contribution in [0.25, 0.3) is 11.3 Å². The summed E-state index contributed by atoms with van der Waals surface area (Å²) in [5, 5.41) is 13.5. The summed E-state index contributed by atoms with van der Waals surface area (Å²) in [7, 11) is 0. The van der Waals surface area contributed by atoms with Gasteiger partial charge in [0.05, 0.1) is 14.9 Å². The van der Waals surface area contributed by atoms with Crippen LogP contribution in [-0.4, -0.2) is 21.0 Å². The summed E-state index contributed by atoms with van der Waals surface area (Å²) in [4.78, 5) is 21.2. The Labute approximate surface area is 198 Å². The molecule has 1 saturated carbocycles. The molecule has 0 atom stereocenters. The van der Waals surface area contributed by atoms with Crippen molar-refractivity contribution in [3.05, 3.63) is 70.6 Å². The molecule has 1 amide bonds. The highest BCUT2D eigenvalue weighted by molar-refractivity contribution is 14.1. The molecule has 0 radical (unpaired) electrons. The van der Waals surface area contributed by atoms with Crippen LogP contribution in [-0.2, 0) is 4.79 Å². The van der Waals surface area contributed by atoms with E-state index in [0.717, 1.165) is 44.7 Å². The standard InChI is InChI=1S/C23H19IN6O2/c24-17-13-25-23(26-16-9-7-14(8-10-16)18-11-12-32-30-18)29-21(17)27-19-3-1-2-4-20(19)28-22(31)15-5-6-15/h1-4,7-13,15H,5-6H2,(H,28,31)(H2,25,26,27,29). The van der Waals surface area contributed by atoms with E-state index in [1.165, 1.54) is 0 Å². The van der Waals surface area contributed by atoms with Gasteiger partial charge in [0, 0.05) is 29.4 Å². The number of amides is 1. The van der Waals surface area contributed by atoms with Gasteiger partial charge in [-0.15, -0.1) is 0 Å². The minimum Gasteiger partial charge on any atom is -0.364 e. The number of carbonyl (C=O) groups excluding carboxylic acids is 1. The summed E-state index contributed by atoms with van der Waals surface area (Å²) >= 11 is 2.18. The van der Waals surface area contributed by atoms with E-state index in [0.29, 0.717) is 11.8 Å². The summed E-state index contributed by atoms with van der Waals surface area (Å²) in [6, 6.07) is 17.2. The van der Waals surface area contributed by atoms with Gasteiger partial charge in [0.2, 0.25) is 11.9 Å². The number of rotatable bonds is 7. The Hall–Kier alpha value is -3.47. The number of hydrogen-bond acceptors (Lipinski definition) is 7. The average molecular weight is 538 g/mol. The molecule has 1 fully saturated rings. The quantitative estimate of drug-likeness (QED) is 0.264. The van der Waals surface area contributed by atoms with Crippen LogP contribution in [0.3, 0.4) is 0 Å². The van der Waals surface area contributed by atoms with Crippen molar-refractivity contribution in [2.75, 3.05) is 16.0 Å². The topological polar surface area (TPSA) is 105 Å². The summed E-state index contributed by atoms with van der Waals surface area (Å²) < 4.78 is 5.75. The Balaban J connectivity index is 1.33. The third kappa shape index (κ3) is 4.72. The first kappa shape index (κ1) is 20.4. The van der Waals surface area contributed by atoms with Gasteiger partial charge < -0.3 is 20.5 Å². The summed E-state index contributed by atoms with van der Waals surface area (Å²) in [6.07, 6.45) is 5.21. The minimum absolute atomic E-state index is 0.0630. The SMILES string of the molecule is O=C(Nc1ccccc1Nc1nc(Nc2ccc(-c3ccon3)cc2)ncc1I)C1CC1. The van der Waals surface area contributed by atoms with Gasteiger partial charge in [-0.25, -0.2) is 4.98 Å². The number of carbonyl (C=O) groups is 1. The Morgan fingerprint density at radius 3 is 2.50 bits per heavy atom. The van der Waals surface area contributed by atoms with Crippen molar-refractivity contribution in [2.24, 2.45) is 5.92 Å². The first-order valence-corrected chi connectivity index (χ1v) is 11.2. The van der Waals surface area contributed by atoms with Gasteiger partial charge in [-0.1, -0.05) is 29.4 Å². The van der Waals surface area contributed by atoms with Crippen molar-refractivity contribution < 1.29 is 9.32 Å². The summed E-state index contributed by atoms with van der Waals surface area (Å²) in [5.74, 6) is 1.30. The first-order chi connectivity index (χ1) is 15.7. The average Bonchev–Trinajstić information content (AvgIpc) is 3.52. The highest BCUT2D eigenvalue weighted by atomic mass is 127. The first-order valence-electron chi connectivity index (χ1n) is 10.1. The lowest BCUT2D eigenvalue weighted by Gasteiger charge is -2.14. The monoisotopic (exact) mass is 538 g/mol. The molecule has 0 aliphatic heterocycles. The Morgan fingerprint density at radius 1 is 1.00 bits per heavy atom. The zero-order valence-corrected chi connectivity index (χ0v) is 19.0. The lowest BCUT2D eigenvalue weighted by Crippen LogP contribution is -2.14. The van der Waals surface area contributed by atoms with E-state index in [9.17, 15) is 4.79 Å². The Kier molecular flexibility index (Phi) is 5.71. The molecular formula is C23H19IN6O2. The maximum absolute atomic E-state index is 12.2. The largest absolute Gasteiger partial charge is 0.364 e. The third-order valence-electron chi connectivity index (χ3n) is 5.00. The maximum Gasteiger partial charge on any atom is 0.229 e. The molecule has 1 aliphatic rings. The zero-order chi connectivity index (χ0) is 21.9. The smallest absolute Gasteiger partial charge is 0.229 e. The van der Waals surface area contributed by atoms with E-state index >= 15 is 0 Å². The van der Waals surface area contributed by atoms with Crippen LogP contribution >= 0.6 is 22.6 Å². The van der Waals surface area contributed by atoms with Gasteiger partial charge in [-0.3, -0.25) is 4.79 Å². The van der Waals surface area contributed by atoms with E-state index in [4.69, 9.17) is 4.52 Å². The zero-order valence-electron chi connectivity index (χ0n) is 16.9. The number of anilines is 5. The van der Waals surface area contributed by atoms with Gasteiger partial charge in [-0.2, -0.15) is 4.98 Å². The highest BCUT2D eigenvalue weighted by Crippen LogP contribution is 2.33. The van der Waals surface area contributed by atoms with Crippen LogP contribution in [0.1, 0.15) is 12.8 Å². The molecule has 0 bridgehead atoms. The Bertz CT molecular complexity index is 1240. The molecule has 9 heteroatoms. The van der Waals surface area contributed by atoms with Crippen LogP contribution < -0.4 is 16.0 Å². The van der Waals surface area contributed by atoms with Crippen molar-refractivity contribution in [1.82, 2.24) is 15.1 Å². The molecule has 160 valence electrons. The molecule has 0 spiro atoms. The number of benzene rings is 2. The summed E-state index contributed by atoms with van der Waals surface area (Å²) in [5.41, 5.74) is 4.10. The number of aromatic nitrogens is 3. The molecule has 0 unspecified atom stereocenters. The van der Waals surface area contributed by atoms with E-state index < -0.39 is 0 Å². The minimum atomic E-state index is 0.0630. The second-order valence-corrected chi connectivity index (χ2v) is 8.57. The highest BCUT2D eigenvalue weighted by Gasteiger charge is 2.30. The van der Waals surface area contributed by atoms with Crippen molar-refractivity contribution in [2.45, 2.75) is 12.8 Å². The fourth-order valence-corrected chi connectivity index (χ4v) is 3.53. The fourth-order valence-electron chi connectivity index (χ4n) is 3.14. The molecule has 3 N–H and O–H groups in total. The number of nitrogens with zero attached hydrogens (tertiary/aromatic N) is 3. The van der Waals surface area contributed by atoms with Crippen molar-refractivity contribution in [1.29, 1.82) is 0 Å². The molecule has 8 nitrogen and oxygen atoms in total. The lowest BCUT2D eigenvalue weighted by atomic mass is 10.1. The van der Waals surface area contributed by atoms with E-state index in [1.807, 2.05) is 54.6 Å². The molecule has 1 aliphatic carbocycles. The molecule has 2 aromatic carbocycles. The normalized spacial score (nSPS) is 12.9. The number of halogens is 1. The van der Waals surface area contributed by atoms with Crippen molar-refractivity contribution in [3.8, 4) is 11.3 Å². The molecule has 2 heterocycles. The van der Waals surface area contributed by atoms with Gasteiger partial charge in [0.1, 0.15) is 17.8 Å². The van der Waals surface area contributed by atoms with Crippen molar-refractivity contribution in [3.63, 3.8) is 0 Å². The van der Waals surface area contributed by atoms with E-state index in [2.05, 4.69) is 53.7 Å². The second kappa shape index (κ2) is 8.95. The third-order valence-corrected chi connectivity index (χ3v) is 5.79. The Morgan fingerprint density at radius 2 is 1.78 bits per heavy atom. The molecule has 32 heavy (non-hydrogen) atoms. The van der Waals surface area contributed by atoms with Gasteiger partial charge in [0.15, 0.2) is 0 Å². The predicted molar refractivity (Wildman–Crippen MR) is 131 cm³/mol. The van der Waals surface area contributed by atoms with Crippen LogP contribution in [0.5, 0.6) is 0 Å². The number of nitrogens with one attached hydrogen (secondary N) is 3. The van der Waals surface area contributed by atoms with Crippen LogP contribution in [0.4, 0.5) is 28.8 Å². The van der Waals surface area contributed by atoms with Crippen molar-refractivity contribution >= 4 is 57.3 Å². The number of para-hydroxylation sites is 2. The lowest BCUT2D eigenvalue weighted by molar-refractivity contribution is -0.117. The van der Waals surface area contributed by atoms with Gasteiger partial charge in [-0.05, 0) is 59.7 Å². The maximum atomic E-state index is 12.2.